The number of allylic oxidation sites excluding steroid dienone is 1. The Bertz CT molecular complexity index is 1260. The van der Waals surface area contributed by atoms with Crippen molar-refractivity contribution in [3.8, 4) is 11.4 Å². The van der Waals surface area contributed by atoms with Crippen LogP contribution in [-0.2, 0) is 6.61 Å². The van der Waals surface area contributed by atoms with Gasteiger partial charge in [-0.05, 0) is 60.0 Å². The van der Waals surface area contributed by atoms with Crippen LogP contribution < -0.4 is 4.74 Å². The van der Waals surface area contributed by atoms with Gasteiger partial charge in [-0.1, -0.05) is 41.1 Å². The van der Waals surface area contributed by atoms with Gasteiger partial charge in [0.05, 0.1) is 17.4 Å². The van der Waals surface area contributed by atoms with E-state index in [1.54, 1.807) is 12.1 Å². The van der Waals surface area contributed by atoms with Gasteiger partial charge in [-0.25, -0.2) is 9.07 Å². The van der Waals surface area contributed by atoms with Crippen LogP contribution in [0.1, 0.15) is 30.0 Å². The van der Waals surface area contributed by atoms with Crippen molar-refractivity contribution in [2.45, 2.75) is 20.0 Å². The van der Waals surface area contributed by atoms with Crippen molar-refractivity contribution in [2.75, 3.05) is 0 Å². The van der Waals surface area contributed by atoms with E-state index in [4.69, 9.17) is 4.74 Å². The molecule has 0 bridgehead atoms. The third kappa shape index (κ3) is 3.06. The van der Waals surface area contributed by atoms with Crippen molar-refractivity contribution in [1.29, 1.82) is 0 Å². The van der Waals surface area contributed by atoms with Gasteiger partial charge in [-0.2, -0.15) is 5.10 Å². The van der Waals surface area contributed by atoms with Gasteiger partial charge in [0.2, 0.25) is 0 Å². The molecule has 5 rings (SSSR count). The van der Waals surface area contributed by atoms with E-state index in [-0.39, 0.29) is 5.82 Å². The Hall–Kier alpha value is -2.92. The van der Waals surface area contributed by atoms with E-state index in [1.807, 2.05) is 29.1 Å². The lowest BCUT2D eigenvalue weighted by Crippen LogP contribution is -2.00. The van der Waals surface area contributed by atoms with Crippen molar-refractivity contribution in [2.24, 2.45) is 0 Å². The number of aromatic nitrogens is 2. The third-order valence-corrected chi connectivity index (χ3v) is 6.21. The van der Waals surface area contributed by atoms with Crippen LogP contribution in [0.2, 0.25) is 0 Å². The molecule has 3 aromatic carbocycles. The highest BCUT2D eigenvalue weighted by molar-refractivity contribution is 9.11. The first-order valence-electron chi connectivity index (χ1n) is 9.53. The van der Waals surface area contributed by atoms with Crippen molar-refractivity contribution in [1.82, 2.24) is 9.78 Å². The molecule has 3 nitrogen and oxygen atoms in total. The number of hydrogen-bond acceptors (Lipinski definition) is 2. The van der Waals surface area contributed by atoms with E-state index in [0.717, 1.165) is 55.5 Å². The van der Waals surface area contributed by atoms with Crippen molar-refractivity contribution in [3.63, 3.8) is 0 Å². The maximum atomic E-state index is 13.3. The normalized spacial score (nSPS) is 14.7. The Balaban J connectivity index is 1.74. The first-order chi connectivity index (χ1) is 14.2. The number of benzene rings is 3. The number of para-hydroxylation sites is 1. The Morgan fingerprint density at radius 1 is 1.10 bits per heavy atom. The molecule has 0 amide bonds. The van der Waals surface area contributed by atoms with E-state index in [1.165, 1.54) is 12.1 Å². The van der Waals surface area contributed by atoms with Crippen LogP contribution in [0.25, 0.3) is 22.2 Å². The predicted molar refractivity (Wildman–Crippen MR) is 117 cm³/mol. The highest BCUT2D eigenvalue weighted by atomic mass is 79.9. The third-order valence-electron chi connectivity index (χ3n) is 5.25. The summed E-state index contributed by atoms with van der Waals surface area (Å²) in [6.07, 6.45) is 2.74. The molecule has 0 unspecified atom stereocenters. The zero-order chi connectivity index (χ0) is 20.0. The average Bonchev–Trinajstić information content (AvgIpc) is 3.08. The monoisotopic (exact) mass is 448 g/mol. The minimum atomic E-state index is -0.260. The fraction of sp³-hybridized carbons (Fsp3) is 0.125. The molecule has 1 aliphatic rings. The molecule has 0 atom stereocenters. The summed E-state index contributed by atoms with van der Waals surface area (Å²) in [5.74, 6) is 0.623. The molecule has 0 saturated carbocycles. The van der Waals surface area contributed by atoms with E-state index in [2.05, 4.69) is 46.2 Å². The zero-order valence-electron chi connectivity index (χ0n) is 15.8. The SMILES string of the molecule is CCC(Br)=C1c2cc3cnn(-c4ccc(F)cc4)c3cc2COc2ccccc21. The molecular weight excluding hydrogens is 431 g/mol. The fourth-order valence-corrected chi connectivity index (χ4v) is 4.25. The standard InChI is InChI=1S/C24H18BrFN2O/c1-2-21(25)24-19-5-3-4-6-23(19)29-14-16-12-22-15(11-20(16)24)13-27-28(22)18-9-7-17(26)8-10-18/h3-13H,2,14H2,1H3. The summed E-state index contributed by atoms with van der Waals surface area (Å²) >= 11 is 3.79. The number of fused-ring (bicyclic) bond motifs is 3. The summed E-state index contributed by atoms with van der Waals surface area (Å²) in [4.78, 5) is 0. The molecule has 1 aromatic heterocycles. The molecule has 144 valence electrons. The predicted octanol–water partition coefficient (Wildman–Crippen LogP) is 6.62. The van der Waals surface area contributed by atoms with Crippen molar-refractivity contribution in [3.05, 3.63) is 93.9 Å². The summed E-state index contributed by atoms with van der Waals surface area (Å²) in [5, 5.41) is 5.58. The quantitative estimate of drug-likeness (QED) is 0.344. The summed E-state index contributed by atoms with van der Waals surface area (Å²) in [6, 6.07) is 18.8. The van der Waals surface area contributed by atoms with Crippen LogP contribution in [0.15, 0.2) is 71.3 Å². The summed E-state index contributed by atoms with van der Waals surface area (Å²) in [5.41, 5.74) is 6.28. The minimum absolute atomic E-state index is 0.260. The Morgan fingerprint density at radius 2 is 1.90 bits per heavy atom. The van der Waals surface area contributed by atoms with Crippen LogP contribution in [0.4, 0.5) is 4.39 Å². The second kappa shape index (κ2) is 7.16. The molecular formula is C24H18BrFN2O. The second-order valence-electron chi connectivity index (χ2n) is 7.02. The lowest BCUT2D eigenvalue weighted by molar-refractivity contribution is 0.307. The van der Waals surface area contributed by atoms with Crippen LogP contribution in [0.5, 0.6) is 5.75 Å². The van der Waals surface area contributed by atoms with E-state index in [9.17, 15) is 4.39 Å². The largest absolute Gasteiger partial charge is 0.488 e. The Labute approximate surface area is 176 Å². The second-order valence-corrected chi connectivity index (χ2v) is 7.98. The summed E-state index contributed by atoms with van der Waals surface area (Å²) < 4.78 is 22.5. The van der Waals surface area contributed by atoms with Crippen LogP contribution >= 0.6 is 15.9 Å². The number of hydrogen-bond donors (Lipinski definition) is 0. The first-order valence-corrected chi connectivity index (χ1v) is 10.3. The number of nitrogens with zero attached hydrogens (tertiary/aromatic N) is 2. The highest BCUT2D eigenvalue weighted by Crippen LogP contribution is 2.42. The first kappa shape index (κ1) is 18.1. The smallest absolute Gasteiger partial charge is 0.127 e. The molecule has 0 N–H and O–H groups in total. The van der Waals surface area contributed by atoms with Crippen LogP contribution in [0, 0.1) is 5.82 Å². The molecule has 29 heavy (non-hydrogen) atoms. The van der Waals surface area contributed by atoms with Gasteiger partial charge in [-0.15, -0.1) is 0 Å². The van der Waals surface area contributed by atoms with Gasteiger partial charge in [0.1, 0.15) is 18.2 Å². The average molecular weight is 449 g/mol. The summed E-state index contributed by atoms with van der Waals surface area (Å²) in [7, 11) is 0. The molecule has 0 saturated heterocycles. The number of ether oxygens (including phenoxy) is 1. The van der Waals surface area contributed by atoms with Gasteiger partial charge in [0.25, 0.3) is 0 Å². The maximum absolute atomic E-state index is 13.3. The van der Waals surface area contributed by atoms with Gasteiger partial charge in [0, 0.05) is 21.0 Å². The number of rotatable bonds is 2. The molecule has 0 aliphatic carbocycles. The molecule has 0 radical (unpaired) electrons. The molecule has 0 fully saturated rings. The maximum Gasteiger partial charge on any atom is 0.127 e. The van der Waals surface area contributed by atoms with Crippen molar-refractivity contribution < 1.29 is 9.13 Å². The Kier molecular flexibility index (Phi) is 4.47. The Morgan fingerprint density at radius 3 is 2.69 bits per heavy atom. The lowest BCUT2D eigenvalue weighted by Gasteiger charge is -2.13. The van der Waals surface area contributed by atoms with E-state index >= 15 is 0 Å². The van der Waals surface area contributed by atoms with Crippen LogP contribution in [0.3, 0.4) is 0 Å². The zero-order valence-corrected chi connectivity index (χ0v) is 17.4. The van der Waals surface area contributed by atoms with E-state index < -0.39 is 0 Å². The lowest BCUT2D eigenvalue weighted by atomic mass is 9.92. The topological polar surface area (TPSA) is 27.1 Å². The molecule has 5 heteroatoms. The van der Waals surface area contributed by atoms with Crippen LogP contribution in [-0.4, -0.2) is 9.78 Å². The van der Waals surface area contributed by atoms with Gasteiger partial charge >= 0.3 is 0 Å². The van der Waals surface area contributed by atoms with E-state index in [0.29, 0.717) is 6.61 Å². The van der Waals surface area contributed by atoms with Gasteiger partial charge < -0.3 is 4.74 Å². The minimum Gasteiger partial charge on any atom is -0.488 e. The summed E-state index contributed by atoms with van der Waals surface area (Å²) in [6.45, 7) is 2.61. The van der Waals surface area contributed by atoms with Crippen molar-refractivity contribution >= 4 is 32.4 Å². The number of halogens is 2. The highest BCUT2D eigenvalue weighted by Gasteiger charge is 2.22. The molecule has 1 aliphatic heterocycles. The van der Waals surface area contributed by atoms with Gasteiger partial charge in [-0.3, -0.25) is 0 Å². The molecule has 4 aromatic rings. The fourth-order valence-electron chi connectivity index (χ4n) is 3.83. The van der Waals surface area contributed by atoms with Gasteiger partial charge in [0.15, 0.2) is 0 Å². The molecule has 2 heterocycles. The molecule has 0 spiro atoms.